The molecule has 0 saturated heterocycles. The number of ether oxygens (including phenoxy) is 1. The number of amides is 2. The molecule has 0 unspecified atom stereocenters. The minimum atomic E-state index is -0.166. The standard InChI is InChI=1S/C13H20N2O2/c1-11(2)17-9-8-14-13(16)15-10-12-6-4-3-5-7-12/h3-7,11H,8-10H2,1-2H3,(H2,14,15,16). The lowest BCUT2D eigenvalue weighted by molar-refractivity contribution is 0.0817. The molecule has 0 aliphatic rings. The molecular formula is C13H20N2O2. The van der Waals surface area contributed by atoms with Crippen LogP contribution in [-0.4, -0.2) is 25.3 Å². The van der Waals surface area contributed by atoms with Crippen LogP contribution in [0.2, 0.25) is 0 Å². The van der Waals surface area contributed by atoms with Gasteiger partial charge in [0.15, 0.2) is 0 Å². The van der Waals surface area contributed by atoms with Crippen molar-refractivity contribution in [2.45, 2.75) is 26.5 Å². The highest BCUT2D eigenvalue weighted by molar-refractivity contribution is 5.73. The lowest BCUT2D eigenvalue weighted by Crippen LogP contribution is -2.37. The number of hydrogen-bond acceptors (Lipinski definition) is 2. The van der Waals surface area contributed by atoms with Gasteiger partial charge < -0.3 is 15.4 Å². The first-order chi connectivity index (χ1) is 8.18. The number of rotatable bonds is 6. The Morgan fingerprint density at radius 3 is 2.59 bits per heavy atom. The van der Waals surface area contributed by atoms with E-state index in [1.54, 1.807) is 0 Å². The third-order valence-corrected chi connectivity index (χ3v) is 2.13. The molecule has 1 rings (SSSR count). The highest BCUT2D eigenvalue weighted by atomic mass is 16.5. The minimum Gasteiger partial charge on any atom is -0.377 e. The first-order valence-electron chi connectivity index (χ1n) is 5.85. The molecule has 0 fully saturated rings. The minimum absolute atomic E-state index is 0.166. The normalized spacial score (nSPS) is 10.3. The number of benzene rings is 1. The van der Waals surface area contributed by atoms with E-state index in [0.29, 0.717) is 19.7 Å². The van der Waals surface area contributed by atoms with Gasteiger partial charge in [-0.1, -0.05) is 30.3 Å². The van der Waals surface area contributed by atoms with E-state index in [0.717, 1.165) is 5.56 Å². The Kier molecular flexibility index (Phi) is 6.10. The maximum Gasteiger partial charge on any atom is 0.315 e. The zero-order chi connectivity index (χ0) is 12.5. The maximum absolute atomic E-state index is 11.4. The zero-order valence-electron chi connectivity index (χ0n) is 10.4. The second-order valence-corrected chi connectivity index (χ2v) is 4.01. The second kappa shape index (κ2) is 7.68. The SMILES string of the molecule is CC(C)OCCNC(=O)NCc1ccccc1. The highest BCUT2D eigenvalue weighted by Gasteiger charge is 1.99. The van der Waals surface area contributed by atoms with Crippen LogP contribution in [0, 0.1) is 0 Å². The molecule has 0 aromatic heterocycles. The monoisotopic (exact) mass is 236 g/mol. The Bertz CT molecular complexity index is 325. The van der Waals surface area contributed by atoms with Crippen molar-refractivity contribution in [3.05, 3.63) is 35.9 Å². The predicted octanol–water partition coefficient (Wildman–Crippen LogP) is 1.91. The average molecular weight is 236 g/mol. The van der Waals surface area contributed by atoms with Crippen LogP contribution in [0.4, 0.5) is 4.79 Å². The molecule has 0 aliphatic carbocycles. The predicted molar refractivity (Wildman–Crippen MR) is 67.8 cm³/mol. The van der Waals surface area contributed by atoms with E-state index in [-0.39, 0.29) is 12.1 Å². The van der Waals surface area contributed by atoms with Gasteiger partial charge in [-0.3, -0.25) is 0 Å². The molecule has 0 heterocycles. The van der Waals surface area contributed by atoms with E-state index < -0.39 is 0 Å². The molecule has 4 nitrogen and oxygen atoms in total. The summed E-state index contributed by atoms with van der Waals surface area (Å²) < 4.78 is 5.31. The summed E-state index contributed by atoms with van der Waals surface area (Å²) in [5, 5.41) is 5.51. The van der Waals surface area contributed by atoms with Crippen LogP contribution < -0.4 is 10.6 Å². The van der Waals surface area contributed by atoms with E-state index in [2.05, 4.69) is 10.6 Å². The van der Waals surface area contributed by atoms with Crippen LogP contribution in [-0.2, 0) is 11.3 Å². The van der Waals surface area contributed by atoms with Gasteiger partial charge in [-0.05, 0) is 19.4 Å². The van der Waals surface area contributed by atoms with Crippen molar-refractivity contribution in [1.29, 1.82) is 0 Å². The van der Waals surface area contributed by atoms with Gasteiger partial charge >= 0.3 is 6.03 Å². The van der Waals surface area contributed by atoms with Crippen molar-refractivity contribution in [1.82, 2.24) is 10.6 Å². The van der Waals surface area contributed by atoms with Crippen molar-refractivity contribution in [2.24, 2.45) is 0 Å². The molecule has 0 atom stereocenters. The van der Waals surface area contributed by atoms with Gasteiger partial charge in [-0.2, -0.15) is 0 Å². The molecule has 2 amide bonds. The smallest absolute Gasteiger partial charge is 0.315 e. The van der Waals surface area contributed by atoms with Crippen LogP contribution in [0.15, 0.2) is 30.3 Å². The summed E-state index contributed by atoms with van der Waals surface area (Å²) in [5.74, 6) is 0. The van der Waals surface area contributed by atoms with E-state index in [9.17, 15) is 4.79 Å². The lowest BCUT2D eigenvalue weighted by Gasteiger charge is -2.09. The Morgan fingerprint density at radius 2 is 1.94 bits per heavy atom. The van der Waals surface area contributed by atoms with Gasteiger partial charge in [0.2, 0.25) is 0 Å². The van der Waals surface area contributed by atoms with Crippen LogP contribution in [0.3, 0.4) is 0 Å². The van der Waals surface area contributed by atoms with Crippen molar-refractivity contribution >= 4 is 6.03 Å². The summed E-state index contributed by atoms with van der Waals surface area (Å²) in [6.07, 6.45) is 0.198. The van der Waals surface area contributed by atoms with Gasteiger partial charge in [0.1, 0.15) is 0 Å². The summed E-state index contributed by atoms with van der Waals surface area (Å²) in [6, 6.07) is 9.63. The molecule has 0 saturated carbocycles. The number of urea groups is 1. The van der Waals surface area contributed by atoms with E-state index >= 15 is 0 Å². The number of nitrogens with one attached hydrogen (secondary N) is 2. The molecule has 4 heteroatoms. The molecule has 0 bridgehead atoms. The topological polar surface area (TPSA) is 50.4 Å². The maximum atomic E-state index is 11.4. The van der Waals surface area contributed by atoms with E-state index in [1.807, 2.05) is 44.2 Å². The molecule has 2 N–H and O–H groups in total. The molecule has 1 aromatic carbocycles. The highest BCUT2D eigenvalue weighted by Crippen LogP contribution is 1.96. The Labute approximate surface area is 102 Å². The summed E-state index contributed by atoms with van der Waals surface area (Å²) in [4.78, 5) is 11.4. The second-order valence-electron chi connectivity index (χ2n) is 4.01. The van der Waals surface area contributed by atoms with Gasteiger partial charge in [0.05, 0.1) is 12.7 Å². The largest absolute Gasteiger partial charge is 0.377 e. The molecule has 0 spiro atoms. The van der Waals surface area contributed by atoms with Gasteiger partial charge in [-0.15, -0.1) is 0 Å². The van der Waals surface area contributed by atoms with Crippen LogP contribution >= 0.6 is 0 Å². The van der Waals surface area contributed by atoms with Gasteiger partial charge in [0, 0.05) is 13.1 Å². The van der Waals surface area contributed by atoms with E-state index in [1.165, 1.54) is 0 Å². The number of carbonyl (C=O) groups excluding carboxylic acids is 1. The Morgan fingerprint density at radius 1 is 1.24 bits per heavy atom. The van der Waals surface area contributed by atoms with Crippen molar-refractivity contribution in [3.8, 4) is 0 Å². The first-order valence-corrected chi connectivity index (χ1v) is 5.85. The van der Waals surface area contributed by atoms with Gasteiger partial charge in [-0.25, -0.2) is 4.79 Å². The summed E-state index contributed by atoms with van der Waals surface area (Å²) in [6.45, 7) is 5.54. The molecule has 1 aromatic rings. The van der Waals surface area contributed by atoms with Crippen LogP contribution in [0.5, 0.6) is 0 Å². The average Bonchev–Trinajstić information content (AvgIpc) is 2.33. The summed E-state index contributed by atoms with van der Waals surface area (Å²) in [5.41, 5.74) is 1.08. The van der Waals surface area contributed by atoms with E-state index in [4.69, 9.17) is 4.74 Å². The number of hydrogen-bond donors (Lipinski definition) is 2. The quantitative estimate of drug-likeness (QED) is 0.741. The fourth-order valence-corrected chi connectivity index (χ4v) is 1.30. The van der Waals surface area contributed by atoms with Crippen LogP contribution in [0.25, 0.3) is 0 Å². The fraction of sp³-hybridized carbons (Fsp3) is 0.462. The Hall–Kier alpha value is -1.55. The molecule has 94 valence electrons. The molecule has 0 radical (unpaired) electrons. The van der Waals surface area contributed by atoms with Crippen molar-refractivity contribution in [2.75, 3.05) is 13.2 Å². The first kappa shape index (κ1) is 13.5. The number of carbonyl (C=O) groups is 1. The zero-order valence-corrected chi connectivity index (χ0v) is 10.4. The molecule has 0 aliphatic heterocycles. The van der Waals surface area contributed by atoms with Gasteiger partial charge in [0.25, 0.3) is 0 Å². The molecule has 17 heavy (non-hydrogen) atoms. The summed E-state index contributed by atoms with van der Waals surface area (Å²) >= 11 is 0. The van der Waals surface area contributed by atoms with Crippen molar-refractivity contribution < 1.29 is 9.53 Å². The third kappa shape index (κ3) is 6.58. The van der Waals surface area contributed by atoms with Crippen LogP contribution in [0.1, 0.15) is 19.4 Å². The lowest BCUT2D eigenvalue weighted by atomic mass is 10.2. The third-order valence-electron chi connectivity index (χ3n) is 2.13. The summed E-state index contributed by atoms with van der Waals surface area (Å²) in [7, 11) is 0. The fourth-order valence-electron chi connectivity index (χ4n) is 1.30. The molecular weight excluding hydrogens is 216 g/mol. The Balaban J connectivity index is 2.09. The van der Waals surface area contributed by atoms with Crippen molar-refractivity contribution in [3.63, 3.8) is 0 Å².